The SMILES string of the molecule is Cc1ccc(C)c(S(=O)(=O)NCCNC(=O)[C@@H]2CCCN(C(=O)N3CCCC3)C2)c1. The van der Waals surface area contributed by atoms with E-state index in [4.69, 9.17) is 0 Å². The highest BCUT2D eigenvalue weighted by molar-refractivity contribution is 7.89. The van der Waals surface area contributed by atoms with Crippen LogP contribution in [0.25, 0.3) is 0 Å². The van der Waals surface area contributed by atoms with Gasteiger partial charge in [0.1, 0.15) is 0 Å². The first kappa shape index (κ1) is 22.6. The van der Waals surface area contributed by atoms with Gasteiger partial charge in [-0.05, 0) is 56.7 Å². The molecule has 3 rings (SSSR count). The molecule has 2 N–H and O–H groups in total. The molecule has 2 fully saturated rings. The monoisotopic (exact) mass is 436 g/mol. The predicted molar refractivity (Wildman–Crippen MR) is 115 cm³/mol. The zero-order valence-corrected chi connectivity index (χ0v) is 18.6. The molecule has 1 aromatic rings. The molecule has 2 heterocycles. The molecular formula is C21H32N4O4S. The number of likely N-dealkylation sites (tertiary alicyclic amines) is 2. The molecule has 0 unspecified atom stereocenters. The Labute approximate surface area is 179 Å². The molecule has 9 heteroatoms. The average Bonchev–Trinajstić information content (AvgIpc) is 3.27. The van der Waals surface area contributed by atoms with Gasteiger partial charge in [0, 0.05) is 39.3 Å². The molecule has 0 bridgehead atoms. The third-order valence-corrected chi connectivity index (χ3v) is 7.39. The lowest BCUT2D eigenvalue weighted by atomic mass is 9.97. The maximum Gasteiger partial charge on any atom is 0.320 e. The minimum absolute atomic E-state index is 0.0336. The van der Waals surface area contributed by atoms with E-state index >= 15 is 0 Å². The van der Waals surface area contributed by atoms with Crippen molar-refractivity contribution < 1.29 is 18.0 Å². The highest BCUT2D eigenvalue weighted by Crippen LogP contribution is 2.20. The maximum atomic E-state index is 12.6. The molecule has 8 nitrogen and oxygen atoms in total. The molecule has 2 saturated heterocycles. The first-order valence-corrected chi connectivity index (χ1v) is 12.1. The number of urea groups is 1. The van der Waals surface area contributed by atoms with E-state index in [9.17, 15) is 18.0 Å². The highest BCUT2D eigenvalue weighted by Gasteiger charge is 2.31. The van der Waals surface area contributed by atoms with Gasteiger partial charge >= 0.3 is 6.03 Å². The molecule has 0 saturated carbocycles. The summed E-state index contributed by atoms with van der Waals surface area (Å²) < 4.78 is 27.6. The number of hydrogen-bond donors (Lipinski definition) is 2. The van der Waals surface area contributed by atoms with Crippen molar-refractivity contribution in [3.05, 3.63) is 29.3 Å². The summed E-state index contributed by atoms with van der Waals surface area (Å²) in [6.45, 7) is 6.64. The zero-order chi connectivity index (χ0) is 21.7. The number of benzene rings is 1. The topological polar surface area (TPSA) is 98.8 Å². The van der Waals surface area contributed by atoms with Crippen molar-refractivity contribution >= 4 is 22.0 Å². The van der Waals surface area contributed by atoms with Crippen LogP contribution < -0.4 is 10.0 Å². The van der Waals surface area contributed by atoms with Gasteiger partial charge in [-0.3, -0.25) is 4.79 Å². The number of nitrogens with one attached hydrogen (secondary N) is 2. The Bertz CT molecular complexity index is 881. The van der Waals surface area contributed by atoms with Crippen LogP contribution in [0.1, 0.15) is 36.8 Å². The van der Waals surface area contributed by atoms with Gasteiger partial charge < -0.3 is 15.1 Å². The van der Waals surface area contributed by atoms with Gasteiger partial charge in [0.15, 0.2) is 0 Å². The maximum absolute atomic E-state index is 12.6. The minimum Gasteiger partial charge on any atom is -0.354 e. The summed E-state index contributed by atoms with van der Waals surface area (Å²) in [6, 6.07) is 5.33. The molecule has 166 valence electrons. The van der Waals surface area contributed by atoms with Crippen molar-refractivity contribution in [1.29, 1.82) is 0 Å². The second kappa shape index (κ2) is 9.78. The predicted octanol–water partition coefficient (Wildman–Crippen LogP) is 1.63. The van der Waals surface area contributed by atoms with Crippen LogP contribution in [-0.2, 0) is 14.8 Å². The summed E-state index contributed by atoms with van der Waals surface area (Å²) in [7, 11) is -3.63. The van der Waals surface area contributed by atoms with Gasteiger partial charge in [-0.1, -0.05) is 12.1 Å². The number of piperidine rings is 1. The van der Waals surface area contributed by atoms with Crippen molar-refractivity contribution in [3.8, 4) is 0 Å². The number of aryl methyl sites for hydroxylation is 2. The van der Waals surface area contributed by atoms with Gasteiger partial charge in [0.05, 0.1) is 10.8 Å². The van der Waals surface area contributed by atoms with E-state index in [1.165, 1.54) is 0 Å². The van der Waals surface area contributed by atoms with Gasteiger partial charge in [-0.2, -0.15) is 0 Å². The van der Waals surface area contributed by atoms with Crippen LogP contribution in [0.4, 0.5) is 4.79 Å². The lowest BCUT2D eigenvalue weighted by Crippen LogP contribution is -2.50. The molecule has 3 amide bonds. The minimum atomic E-state index is -3.63. The zero-order valence-electron chi connectivity index (χ0n) is 17.8. The molecular weight excluding hydrogens is 404 g/mol. The Morgan fingerprint density at radius 2 is 1.73 bits per heavy atom. The number of carbonyl (C=O) groups is 2. The molecule has 2 aliphatic rings. The van der Waals surface area contributed by atoms with Gasteiger partial charge in [0.2, 0.25) is 15.9 Å². The number of sulfonamides is 1. The van der Waals surface area contributed by atoms with E-state index in [2.05, 4.69) is 10.0 Å². The normalized spacial score (nSPS) is 19.7. The molecule has 0 spiro atoms. The quantitative estimate of drug-likeness (QED) is 0.662. The van der Waals surface area contributed by atoms with Gasteiger partial charge in [-0.15, -0.1) is 0 Å². The van der Waals surface area contributed by atoms with Crippen molar-refractivity contribution in [2.24, 2.45) is 5.92 Å². The van der Waals surface area contributed by atoms with Crippen LogP contribution in [-0.4, -0.2) is 69.4 Å². The molecule has 0 aliphatic carbocycles. The highest BCUT2D eigenvalue weighted by atomic mass is 32.2. The van der Waals surface area contributed by atoms with Crippen LogP contribution in [0.2, 0.25) is 0 Å². The van der Waals surface area contributed by atoms with E-state index in [1.807, 2.05) is 17.9 Å². The molecule has 0 radical (unpaired) electrons. The third kappa shape index (κ3) is 5.51. The molecule has 1 aromatic carbocycles. The Hall–Kier alpha value is -2.13. The Morgan fingerprint density at radius 3 is 2.47 bits per heavy atom. The third-order valence-electron chi connectivity index (χ3n) is 5.79. The molecule has 1 atom stereocenters. The van der Waals surface area contributed by atoms with Gasteiger partial charge in [-0.25, -0.2) is 17.9 Å². The molecule has 2 aliphatic heterocycles. The number of nitrogens with zero attached hydrogens (tertiary/aromatic N) is 2. The molecule has 30 heavy (non-hydrogen) atoms. The van der Waals surface area contributed by atoms with Crippen molar-refractivity contribution in [2.45, 2.75) is 44.4 Å². The standard InChI is InChI=1S/C21H32N4O4S/c1-16-7-8-17(2)19(14-16)30(28,29)23-10-9-22-20(26)18-6-5-13-25(15-18)21(27)24-11-3-4-12-24/h7-8,14,18,23H,3-6,9-13,15H2,1-2H3,(H,22,26)/t18-/m1/s1. The summed E-state index contributed by atoms with van der Waals surface area (Å²) in [6.07, 6.45) is 3.63. The summed E-state index contributed by atoms with van der Waals surface area (Å²) in [5.41, 5.74) is 1.56. The van der Waals surface area contributed by atoms with E-state index in [1.54, 1.807) is 24.0 Å². The van der Waals surface area contributed by atoms with Crippen LogP contribution in [0.3, 0.4) is 0 Å². The fourth-order valence-electron chi connectivity index (χ4n) is 4.06. The molecule has 0 aromatic heterocycles. The Morgan fingerprint density at radius 1 is 1.03 bits per heavy atom. The van der Waals surface area contributed by atoms with Gasteiger partial charge in [0.25, 0.3) is 0 Å². The number of amides is 3. The number of hydrogen-bond acceptors (Lipinski definition) is 4. The summed E-state index contributed by atoms with van der Waals surface area (Å²) >= 11 is 0. The second-order valence-electron chi connectivity index (χ2n) is 8.22. The Kier molecular flexibility index (Phi) is 7.36. The fourth-order valence-corrected chi connectivity index (χ4v) is 5.42. The van der Waals surface area contributed by atoms with E-state index in [0.717, 1.165) is 44.3 Å². The second-order valence-corrected chi connectivity index (χ2v) is 9.96. The summed E-state index contributed by atoms with van der Waals surface area (Å²) in [5, 5.41) is 2.81. The van der Waals surface area contributed by atoms with Crippen LogP contribution >= 0.6 is 0 Å². The first-order chi connectivity index (χ1) is 14.3. The van der Waals surface area contributed by atoms with E-state index < -0.39 is 10.0 Å². The van der Waals surface area contributed by atoms with Crippen molar-refractivity contribution in [3.63, 3.8) is 0 Å². The number of rotatable bonds is 6. The number of carbonyl (C=O) groups excluding carboxylic acids is 2. The first-order valence-electron chi connectivity index (χ1n) is 10.7. The largest absolute Gasteiger partial charge is 0.354 e. The van der Waals surface area contributed by atoms with Crippen LogP contribution in [0.5, 0.6) is 0 Å². The Balaban J connectivity index is 1.46. The average molecular weight is 437 g/mol. The fraction of sp³-hybridized carbons (Fsp3) is 0.619. The van der Waals surface area contributed by atoms with Crippen molar-refractivity contribution in [2.75, 3.05) is 39.3 Å². The van der Waals surface area contributed by atoms with Crippen LogP contribution in [0, 0.1) is 19.8 Å². The summed E-state index contributed by atoms with van der Waals surface area (Å²) in [4.78, 5) is 29.0. The van der Waals surface area contributed by atoms with E-state index in [0.29, 0.717) is 18.7 Å². The van der Waals surface area contributed by atoms with E-state index in [-0.39, 0.29) is 35.8 Å². The van der Waals surface area contributed by atoms with Crippen molar-refractivity contribution in [1.82, 2.24) is 19.8 Å². The lowest BCUT2D eigenvalue weighted by Gasteiger charge is -2.34. The smallest absolute Gasteiger partial charge is 0.320 e. The van der Waals surface area contributed by atoms with Crippen LogP contribution in [0.15, 0.2) is 23.1 Å². The summed E-state index contributed by atoms with van der Waals surface area (Å²) in [5.74, 6) is -0.374. The lowest BCUT2D eigenvalue weighted by molar-refractivity contribution is -0.126.